The van der Waals surface area contributed by atoms with Crippen molar-refractivity contribution in [3.63, 3.8) is 0 Å². The van der Waals surface area contributed by atoms with E-state index in [1.807, 2.05) is 0 Å². The van der Waals surface area contributed by atoms with Crippen molar-refractivity contribution in [2.75, 3.05) is 7.05 Å². The van der Waals surface area contributed by atoms with Gasteiger partial charge in [-0.1, -0.05) is 42.8 Å². The quantitative estimate of drug-likeness (QED) is 0.882. The number of halogens is 1. The summed E-state index contributed by atoms with van der Waals surface area (Å²) in [5.41, 5.74) is 0.345. The van der Waals surface area contributed by atoms with Crippen molar-refractivity contribution in [1.82, 2.24) is 9.88 Å². The van der Waals surface area contributed by atoms with Gasteiger partial charge in [0, 0.05) is 18.6 Å². The molecule has 0 fully saturated rings. The zero-order valence-corrected chi connectivity index (χ0v) is 12.5. The Labute approximate surface area is 127 Å². The van der Waals surface area contributed by atoms with E-state index in [1.165, 1.54) is 18.1 Å². The molecule has 0 saturated heterocycles. The molecule has 0 spiro atoms. The molecule has 1 atom stereocenters. The maximum absolute atomic E-state index is 12.6. The topological polar surface area (TPSA) is 70.5 Å². The number of carboxylic acid groups (broad SMARTS) is 1. The molecule has 1 N–H and O–H groups in total. The second-order valence-corrected chi connectivity index (χ2v) is 5.04. The lowest BCUT2D eigenvalue weighted by atomic mass is 10.1. The van der Waals surface area contributed by atoms with Crippen LogP contribution in [-0.2, 0) is 4.79 Å². The van der Waals surface area contributed by atoms with Gasteiger partial charge in [-0.15, -0.1) is 0 Å². The Morgan fingerprint density at radius 3 is 2.52 bits per heavy atom. The molecule has 110 valence electrons. The Morgan fingerprint density at radius 1 is 1.33 bits per heavy atom. The highest BCUT2D eigenvalue weighted by Crippen LogP contribution is 2.25. The summed E-state index contributed by atoms with van der Waals surface area (Å²) in [6.45, 7) is 1.72. The number of amides is 1. The zero-order chi connectivity index (χ0) is 15.6. The minimum Gasteiger partial charge on any atom is -0.480 e. The van der Waals surface area contributed by atoms with E-state index in [9.17, 15) is 9.59 Å². The maximum Gasteiger partial charge on any atom is 0.326 e. The molecule has 0 saturated carbocycles. The van der Waals surface area contributed by atoms with E-state index in [2.05, 4.69) is 4.98 Å². The summed E-state index contributed by atoms with van der Waals surface area (Å²) in [5.74, 6) is -1.41. The van der Waals surface area contributed by atoms with Crippen molar-refractivity contribution in [3.05, 3.63) is 41.2 Å². The van der Waals surface area contributed by atoms with Crippen LogP contribution in [-0.4, -0.2) is 40.0 Å². The smallest absolute Gasteiger partial charge is 0.326 e. The monoisotopic (exact) mass is 306 g/mol. The first-order chi connectivity index (χ1) is 9.97. The number of carboxylic acids is 1. The van der Waals surface area contributed by atoms with Gasteiger partial charge >= 0.3 is 5.97 Å². The standard InChI is InChI=1S/C15H15ClN2O3/c1-3-12(15(20)21)18(2)14(19)11-8-17-13(16)10-7-5-4-6-9(10)11/h4-8,12H,3H2,1-2H3,(H,20,21). The Balaban J connectivity index is 2.49. The van der Waals surface area contributed by atoms with Gasteiger partial charge in [0.15, 0.2) is 0 Å². The number of aromatic nitrogens is 1. The molecule has 0 radical (unpaired) electrons. The van der Waals surface area contributed by atoms with E-state index >= 15 is 0 Å². The number of carbonyl (C=O) groups is 2. The minimum atomic E-state index is -1.03. The van der Waals surface area contributed by atoms with Crippen LogP contribution in [0.4, 0.5) is 0 Å². The molecule has 1 amide bonds. The number of rotatable bonds is 4. The third-order valence-corrected chi connectivity index (χ3v) is 3.74. The van der Waals surface area contributed by atoms with Crippen LogP contribution >= 0.6 is 11.6 Å². The van der Waals surface area contributed by atoms with Crippen LogP contribution in [0.1, 0.15) is 23.7 Å². The molecule has 2 rings (SSSR count). The largest absolute Gasteiger partial charge is 0.480 e. The predicted molar refractivity (Wildman–Crippen MR) is 80.6 cm³/mol. The molecule has 2 aromatic rings. The number of fused-ring (bicyclic) bond motifs is 1. The van der Waals surface area contributed by atoms with E-state index in [1.54, 1.807) is 31.2 Å². The maximum atomic E-state index is 12.6. The summed E-state index contributed by atoms with van der Waals surface area (Å²) >= 11 is 6.02. The number of carbonyl (C=O) groups excluding carboxylic acids is 1. The number of aliphatic carboxylic acids is 1. The third-order valence-electron chi connectivity index (χ3n) is 3.44. The fraction of sp³-hybridized carbons (Fsp3) is 0.267. The van der Waals surface area contributed by atoms with E-state index in [-0.39, 0.29) is 5.91 Å². The molecule has 1 aromatic heterocycles. The second-order valence-electron chi connectivity index (χ2n) is 4.69. The van der Waals surface area contributed by atoms with Crippen molar-refractivity contribution >= 4 is 34.2 Å². The predicted octanol–water partition coefficient (Wildman–Crippen LogP) is 2.82. The summed E-state index contributed by atoms with van der Waals surface area (Å²) in [6.07, 6.45) is 1.72. The van der Waals surface area contributed by atoms with Crippen molar-refractivity contribution < 1.29 is 14.7 Å². The van der Waals surface area contributed by atoms with E-state index < -0.39 is 12.0 Å². The lowest BCUT2D eigenvalue weighted by molar-refractivity contribution is -0.142. The lowest BCUT2D eigenvalue weighted by Crippen LogP contribution is -2.42. The summed E-state index contributed by atoms with van der Waals surface area (Å²) < 4.78 is 0. The van der Waals surface area contributed by atoms with E-state index in [4.69, 9.17) is 16.7 Å². The summed E-state index contributed by atoms with van der Waals surface area (Å²) in [6, 6.07) is 6.28. The summed E-state index contributed by atoms with van der Waals surface area (Å²) in [5, 5.41) is 10.8. The SMILES string of the molecule is CCC(C(=O)O)N(C)C(=O)c1cnc(Cl)c2ccccc12. The number of benzene rings is 1. The first kappa shape index (κ1) is 15.3. The lowest BCUT2D eigenvalue weighted by Gasteiger charge is -2.24. The van der Waals surface area contributed by atoms with Gasteiger partial charge in [-0.05, 0) is 11.8 Å². The van der Waals surface area contributed by atoms with Gasteiger partial charge in [0.05, 0.1) is 5.56 Å². The number of hydrogen-bond acceptors (Lipinski definition) is 3. The molecule has 0 aliphatic rings. The molecule has 0 aliphatic carbocycles. The number of hydrogen-bond donors (Lipinski definition) is 1. The minimum absolute atomic E-state index is 0.315. The first-order valence-corrected chi connectivity index (χ1v) is 6.88. The van der Waals surface area contributed by atoms with Crippen LogP contribution in [0.25, 0.3) is 10.8 Å². The summed E-state index contributed by atoms with van der Waals surface area (Å²) in [4.78, 5) is 29.0. The number of likely N-dealkylation sites (N-methyl/N-ethyl adjacent to an activating group) is 1. The van der Waals surface area contributed by atoms with Gasteiger partial charge in [-0.3, -0.25) is 4.79 Å². The van der Waals surface area contributed by atoms with Crippen LogP contribution in [0.15, 0.2) is 30.5 Å². The zero-order valence-electron chi connectivity index (χ0n) is 11.7. The van der Waals surface area contributed by atoms with Crippen molar-refractivity contribution in [1.29, 1.82) is 0 Å². The first-order valence-electron chi connectivity index (χ1n) is 6.50. The fourth-order valence-electron chi connectivity index (χ4n) is 2.27. The Bertz CT molecular complexity index is 702. The van der Waals surface area contributed by atoms with Gasteiger partial charge in [-0.2, -0.15) is 0 Å². The molecular formula is C15H15ClN2O3. The molecule has 0 bridgehead atoms. The van der Waals surface area contributed by atoms with Crippen molar-refractivity contribution in [2.45, 2.75) is 19.4 Å². The van der Waals surface area contributed by atoms with Gasteiger partial charge in [0.1, 0.15) is 11.2 Å². The van der Waals surface area contributed by atoms with Crippen LogP contribution in [0, 0.1) is 0 Å². The van der Waals surface area contributed by atoms with E-state index in [0.717, 1.165) is 0 Å². The van der Waals surface area contributed by atoms with Gasteiger partial charge in [0.2, 0.25) is 0 Å². The molecule has 5 nitrogen and oxygen atoms in total. The average molecular weight is 307 g/mol. The molecule has 21 heavy (non-hydrogen) atoms. The third kappa shape index (κ3) is 2.83. The van der Waals surface area contributed by atoms with Crippen LogP contribution in [0.2, 0.25) is 5.15 Å². The molecule has 1 aromatic carbocycles. The van der Waals surface area contributed by atoms with Gasteiger partial charge < -0.3 is 10.0 Å². The van der Waals surface area contributed by atoms with E-state index in [0.29, 0.717) is 27.9 Å². The molecule has 1 unspecified atom stereocenters. The van der Waals surface area contributed by atoms with Crippen molar-refractivity contribution in [2.24, 2.45) is 0 Å². The van der Waals surface area contributed by atoms with Gasteiger partial charge in [-0.25, -0.2) is 9.78 Å². The highest BCUT2D eigenvalue weighted by atomic mass is 35.5. The Kier molecular flexibility index (Phi) is 4.43. The highest BCUT2D eigenvalue weighted by molar-refractivity contribution is 6.34. The van der Waals surface area contributed by atoms with Gasteiger partial charge in [0.25, 0.3) is 5.91 Å². The second kappa shape index (κ2) is 6.10. The summed E-state index contributed by atoms with van der Waals surface area (Å²) in [7, 11) is 1.48. The molecular weight excluding hydrogens is 292 g/mol. The Morgan fingerprint density at radius 2 is 1.95 bits per heavy atom. The average Bonchev–Trinajstić information content (AvgIpc) is 2.47. The van der Waals surface area contributed by atoms with Crippen LogP contribution in [0.5, 0.6) is 0 Å². The Hall–Kier alpha value is -2.14. The highest BCUT2D eigenvalue weighted by Gasteiger charge is 2.26. The van der Waals surface area contributed by atoms with Crippen LogP contribution in [0.3, 0.4) is 0 Å². The molecule has 0 aliphatic heterocycles. The number of pyridine rings is 1. The normalized spacial score (nSPS) is 12.1. The van der Waals surface area contributed by atoms with Crippen LogP contribution < -0.4 is 0 Å². The molecule has 6 heteroatoms. The number of nitrogens with zero attached hydrogens (tertiary/aromatic N) is 2. The van der Waals surface area contributed by atoms with Crippen molar-refractivity contribution in [3.8, 4) is 0 Å². The fourth-order valence-corrected chi connectivity index (χ4v) is 2.49. The molecule has 1 heterocycles.